The quantitative estimate of drug-likeness (QED) is 0.405. The molecule has 0 rings (SSSR count). The van der Waals surface area contributed by atoms with E-state index in [1.165, 1.54) is 6.42 Å². The van der Waals surface area contributed by atoms with E-state index in [-0.39, 0.29) is 0 Å². The highest BCUT2D eigenvalue weighted by atomic mass is 16.5. The lowest BCUT2D eigenvalue weighted by atomic mass is 9.89. The third-order valence-corrected chi connectivity index (χ3v) is 2.83. The van der Waals surface area contributed by atoms with Crippen LogP contribution in [0.3, 0.4) is 0 Å². The van der Waals surface area contributed by atoms with Crippen molar-refractivity contribution in [3.63, 3.8) is 0 Å². The first-order valence-electron chi connectivity index (χ1n) is 7.43. The zero-order valence-electron chi connectivity index (χ0n) is 13.7. The lowest BCUT2D eigenvalue weighted by Gasteiger charge is -2.23. The molecule has 0 spiro atoms. The number of nitrogens with zero attached hydrogens (tertiary/aromatic N) is 1. The maximum absolute atomic E-state index is 5.03. The molecule has 4 heteroatoms. The second kappa shape index (κ2) is 10.1. The van der Waals surface area contributed by atoms with Crippen molar-refractivity contribution in [3.05, 3.63) is 0 Å². The average molecular weight is 271 g/mol. The molecule has 2 N–H and O–H groups in total. The highest BCUT2D eigenvalue weighted by Gasteiger charge is 2.13. The molecular weight excluding hydrogens is 238 g/mol. The van der Waals surface area contributed by atoms with Gasteiger partial charge in [-0.3, -0.25) is 4.99 Å². The molecule has 4 nitrogen and oxygen atoms in total. The molecule has 0 aliphatic carbocycles. The third kappa shape index (κ3) is 12.0. The first-order valence-corrected chi connectivity index (χ1v) is 7.43. The van der Waals surface area contributed by atoms with E-state index in [0.29, 0.717) is 11.5 Å². The van der Waals surface area contributed by atoms with Gasteiger partial charge in [0.25, 0.3) is 0 Å². The van der Waals surface area contributed by atoms with Crippen molar-refractivity contribution in [2.24, 2.45) is 10.4 Å². The van der Waals surface area contributed by atoms with Crippen molar-refractivity contribution >= 4 is 5.96 Å². The van der Waals surface area contributed by atoms with Gasteiger partial charge >= 0.3 is 0 Å². The van der Waals surface area contributed by atoms with E-state index < -0.39 is 0 Å². The summed E-state index contributed by atoms with van der Waals surface area (Å²) in [6.45, 7) is 13.6. The van der Waals surface area contributed by atoms with Crippen LogP contribution in [-0.4, -0.2) is 38.8 Å². The Balaban J connectivity index is 4.09. The number of ether oxygens (including phenoxy) is 1. The standard InChI is InChI=1S/C15H33N3O/c1-7-16-14(17-11-8-12-19-6)18-13(2)9-10-15(3,4)5/h13H,7-12H2,1-6H3,(H2,16,17,18). The smallest absolute Gasteiger partial charge is 0.191 e. The summed E-state index contributed by atoms with van der Waals surface area (Å²) >= 11 is 0. The summed E-state index contributed by atoms with van der Waals surface area (Å²) in [5.41, 5.74) is 0.393. The SMILES string of the molecule is CCNC(=NCCCOC)NC(C)CCC(C)(C)C. The fourth-order valence-corrected chi connectivity index (χ4v) is 1.67. The van der Waals surface area contributed by atoms with Crippen LogP contribution in [0.2, 0.25) is 0 Å². The zero-order valence-corrected chi connectivity index (χ0v) is 13.7. The number of hydrogen-bond donors (Lipinski definition) is 2. The molecule has 0 fully saturated rings. The molecule has 0 aliphatic heterocycles. The van der Waals surface area contributed by atoms with Crippen molar-refractivity contribution < 1.29 is 4.74 Å². The Bertz CT molecular complexity index is 246. The Morgan fingerprint density at radius 3 is 2.53 bits per heavy atom. The number of methoxy groups -OCH3 is 1. The summed E-state index contributed by atoms with van der Waals surface area (Å²) in [5, 5.41) is 6.75. The van der Waals surface area contributed by atoms with Gasteiger partial charge in [-0.25, -0.2) is 0 Å². The van der Waals surface area contributed by atoms with Gasteiger partial charge in [0, 0.05) is 32.8 Å². The van der Waals surface area contributed by atoms with Gasteiger partial charge in [0.15, 0.2) is 5.96 Å². The molecule has 114 valence electrons. The van der Waals surface area contributed by atoms with E-state index in [2.05, 4.69) is 50.2 Å². The minimum Gasteiger partial charge on any atom is -0.385 e. The van der Waals surface area contributed by atoms with Crippen LogP contribution in [0.4, 0.5) is 0 Å². The lowest BCUT2D eigenvalue weighted by Crippen LogP contribution is -2.42. The topological polar surface area (TPSA) is 45.7 Å². The van der Waals surface area contributed by atoms with Gasteiger partial charge in [-0.2, -0.15) is 0 Å². The second-order valence-electron chi connectivity index (χ2n) is 6.25. The van der Waals surface area contributed by atoms with Crippen LogP contribution in [0.1, 0.15) is 53.9 Å². The Morgan fingerprint density at radius 1 is 1.32 bits per heavy atom. The van der Waals surface area contributed by atoms with Gasteiger partial charge in [-0.15, -0.1) is 0 Å². The highest BCUT2D eigenvalue weighted by molar-refractivity contribution is 5.79. The van der Waals surface area contributed by atoms with E-state index >= 15 is 0 Å². The number of hydrogen-bond acceptors (Lipinski definition) is 2. The summed E-state index contributed by atoms with van der Waals surface area (Å²) in [4.78, 5) is 4.55. The molecule has 0 radical (unpaired) electrons. The van der Waals surface area contributed by atoms with Crippen molar-refractivity contribution in [1.29, 1.82) is 0 Å². The van der Waals surface area contributed by atoms with Crippen LogP contribution >= 0.6 is 0 Å². The third-order valence-electron chi connectivity index (χ3n) is 2.83. The lowest BCUT2D eigenvalue weighted by molar-refractivity contribution is 0.197. The van der Waals surface area contributed by atoms with Crippen molar-refractivity contribution in [3.8, 4) is 0 Å². The zero-order chi connectivity index (χ0) is 14.7. The predicted molar refractivity (Wildman–Crippen MR) is 83.8 cm³/mol. The molecule has 0 saturated carbocycles. The molecule has 0 bridgehead atoms. The Morgan fingerprint density at radius 2 is 2.00 bits per heavy atom. The van der Waals surface area contributed by atoms with Gasteiger partial charge < -0.3 is 15.4 Å². The maximum atomic E-state index is 5.03. The van der Waals surface area contributed by atoms with Crippen LogP contribution in [0.5, 0.6) is 0 Å². The number of guanidine groups is 1. The summed E-state index contributed by atoms with van der Waals surface area (Å²) in [5.74, 6) is 0.917. The van der Waals surface area contributed by atoms with Crippen LogP contribution in [0, 0.1) is 5.41 Å². The summed E-state index contributed by atoms with van der Waals surface area (Å²) < 4.78 is 5.03. The van der Waals surface area contributed by atoms with Gasteiger partial charge in [0.05, 0.1) is 0 Å². The van der Waals surface area contributed by atoms with E-state index in [4.69, 9.17) is 4.74 Å². The maximum Gasteiger partial charge on any atom is 0.191 e. The predicted octanol–water partition coefficient (Wildman–Crippen LogP) is 2.79. The molecule has 0 amide bonds. The largest absolute Gasteiger partial charge is 0.385 e. The first-order chi connectivity index (χ1) is 8.89. The van der Waals surface area contributed by atoms with Gasteiger partial charge in [-0.05, 0) is 38.5 Å². The Labute approximate surface area is 119 Å². The van der Waals surface area contributed by atoms with Crippen LogP contribution in [-0.2, 0) is 4.74 Å². The Hall–Kier alpha value is -0.770. The highest BCUT2D eigenvalue weighted by Crippen LogP contribution is 2.21. The first kappa shape index (κ1) is 18.2. The number of rotatable bonds is 8. The Kier molecular flexibility index (Phi) is 9.66. The van der Waals surface area contributed by atoms with Crippen molar-refractivity contribution in [1.82, 2.24) is 10.6 Å². The molecule has 0 aliphatic rings. The fraction of sp³-hybridized carbons (Fsp3) is 0.933. The van der Waals surface area contributed by atoms with E-state index in [1.54, 1.807) is 7.11 Å². The summed E-state index contributed by atoms with van der Waals surface area (Å²) in [6.07, 6.45) is 3.33. The molecule has 0 heterocycles. The van der Waals surface area contributed by atoms with Gasteiger partial charge in [-0.1, -0.05) is 20.8 Å². The van der Waals surface area contributed by atoms with Gasteiger partial charge in [0.1, 0.15) is 0 Å². The minimum atomic E-state index is 0.393. The summed E-state index contributed by atoms with van der Waals surface area (Å²) in [6, 6.07) is 0.444. The molecule has 19 heavy (non-hydrogen) atoms. The normalized spacial score (nSPS) is 14.3. The van der Waals surface area contributed by atoms with E-state index in [0.717, 1.165) is 38.5 Å². The molecule has 1 unspecified atom stereocenters. The average Bonchev–Trinajstić information content (AvgIpc) is 2.31. The summed E-state index contributed by atoms with van der Waals surface area (Å²) in [7, 11) is 1.72. The fourth-order valence-electron chi connectivity index (χ4n) is 1.67. The van der Waals surface area contributed by atoms with Crippen LogP contribution in [0.25, 0.3) is 0 Å². The molecule has 0 saturated heterocycles. The molecule has 0 aromatic heterocycles. The molecule has 0 aromatic rings. The van der Waals surface area contributed by atoms with Crippen molar-refractivity contribution in [2.75, 3.05) is 26.8 Å². The van der Waals surface area contributed by atoms with E-state index in [9.17, 15) is 0 Å². The van der Waals surface area contributed by atoms with Crippen LogP contribution < -0.4 is 10.6 Å². The van der Waals surface area contributed by atoms with Gasteiger partial charge in [0.2, 0.25) is 0 Å². The monoisotopic (exact) mass is 271 g/mol. The second-order valence-corrected chi connectivity index (χ2v) is 6.25. The molecular formula is C15H33N3O. The number of nitrogens with one attached hydrogen (secondary N) is 2. The minimum absolute atomic E-state index is 0.393. The van der Waals surface area contributed by atoms with Crippen molar-refractivity contribution in [2.45, 2.75) is 59.9 Å². The molecule has 1 atom stereocenters. The molecule has 0 aromatic carbocycles. The number of aliphatic imine (C=N–C) groups is 1. The van der Waals surface area contributed by atoms with Crippen LogP contribution in [0.15, 0.2) is 4.99 Å². The van der Waals surface area contributed by atoms with E-state index in [1.807, 2.05) is 0 Å².